The van der Waals surface area contributed by atoms with Crippen LogP contribution in [-0.2, 0) is 4.79 Å². The van der Waals surface area contributed by atoms with Crippen LogP contribution in [0, 0.1) is 0 Å². The molecule has 0 aliphatic heterocycles. The summed E-state index contributed by atoms with van der Waals surface area (Å²) < 4.78 is 19.0. The van der Waals surface area contributed by atoms with Crippen molar-refractivity contribution in [3.05, 3.63) is 42.9 Å². The summed E-state index contributed by atoms with van der Waals surface area (Å²) in [5.41, 5.74) is 0.487. The van der Waals surface area contributed by atoms with E-state index in [1.165, 1.54) is 10.9 Å². The van der Waals surface area contributed by atoms with Crippen LogP contribution in [0.4, 0.5) is 10.2 Å². The van der Waals surface area contributed by atoms with Gasteiger partial charge in [0.15, 0.2) is 5.76 Å². The summed E-state index contributed by atoms with van der Waals surface area (Å²) in [4.78, 5) is 20.1. The van der Waals surface area contributed by atoms with Crippen LogP contribution in [0.3, 0.4) is 0 Å². The minimum absolute atomic E-state index is 0.225. The lowest BCUT2D eigenvalue weighted by Gasteiger charge is -2.07. The highest BCUT2D eigenvalue weighted by Crippen LogP contribution is 2.21. The molecule has 1 amide bonds. The molecule has 3 heterocycles. The molecule has 112 valence electrons. The maximum Gasteiger partial charge on any atom is 0.253 e. The smallest absolute Gasteiger partial charge is 0.253 e. The van der Waals surface area contributed by atoms with Crippen LogP contribution in [0.15, 0.2) is 47.3 Å². The Morgan fingerprint density at radius 3 is 2.95 bits per heavy atom. The highest BCUT2D eigenvalue weighted by Gasteiger charge is 2.12. The third-order valence-electron chi connectivity index (χ3n) is 2.79. The minimum Gasteiger partial charge on any atom is -0.463 e. The van der Waals surface area contributed by atoms with E-state index in [4.69, 9.17) is 4.42 Å². The summed E-state index contributed by atoms with van der Waals surface area (Å²) in [5, 5.41) is 6.59. The molecule has 0 fully saturated rings. The maximum absolute atomic E-state index is 12.2. The molecule has 0 unspecified atom stereocenters. The van der Waals surface area contributed by atoms with Crippen LogP contribution in [0.25, 0.3) is 17.4 Å². The molecule has 3 rings (SSSR count). The van der Waals surface area contributed by atoms with Gasteiger partial charge in [-0.3, -0.25) is 9.18 Å². The third kappa shape index (κ3) is 3.00. The lowest BCUT2D eigenvalue weighted by atomic mass is 10.3. The number of aromatic nitrogens is 4. The third-order valence-corrected chi connectivity index (χ3v) is 2.79. The molecular formula is C14H12FN5O2. The van der Waals surface area contributed by atoms with Gasteiger partial charge in [-0.15, -0.1) is 0 Å². The SMILES string of the molecule is O=C(CCF)Nc1cc(-c2ccco2)nc(-n2cccn2)n1. The van der Waals surface area contributed by atoms with Gasteiger partial charge in [-0.2, -0.15) is 10.1 Å². The number of alkyl halides is 1. The van der Waals surface area contributed by atoms with Gasteiger partial charge in [0.1, 0.15) is 11.5 Å². The number of anilines is 1. The fourth-order valence-electron chi connectivity index (χ4n) is 1.83. The first-order valence-corrected chi connectivity index (χ1v) is 6.55. The van der Waals surface area contributed by atoms with Gasteiger partial charge in [0, 0.05) is 18.5 Å². The number of nitrogens with one attached hydrogen (secondary N) is 1. The van der Waals surface area contributed by atoms with Crippen molar-refractivity contribution in [2.75, 3.05) is 12.0 Å². The first-order chi connectivity index (χ1) is 10.8. The van der Waals surface area contributed by atoms with Crippen LogP contribution >= 0.6 is 0 Å². The first kappa shape index (κ1) is 13.9. The van der Waals surface area contributed by atoms with Crippen LogP contribution in [-0.4, -0.2) is 32.3 Å². The van der Waals surface area contributed by atoms with E-state index in [1.807, 2.05) is 0 Å². The number of hydrogen-bond donors (Lipinski definition) is 1. The Balaban J connectivity index is 2.00. The second kappa shape index (κ2) is 6.17. The van der Waals surface area contributed by atoms with Gasteiger partial charge >= 0.3 is 0 Å². The molecule has 8 heteroatoms. The molecule has 0 spiro atoms. The quantitative estimate of drug-likeness (QED) is 0.781. The van der Waals surface area contributed by atoms with Crippen molar-refractivity contribution in [3.63, 3.8) is 0 Å². The van der Waals surface area contributed by atoms with Crippen LogP contribution in [0.5, 0.6) is 0 Å². The Labute approximate surface area is 124 Å². The summed E-state index contributed by atoms with van der Waals surface area (Å²) in [6, 6.07) is 6.75. The second-order valence-electron chi connectivity index (χ2n) is 4.35. The van der Waals surface area contributed by atoms with Crippen molar-refractivity contribution >= 4 is 11.7 Å². The van der Waals surface area contributed by atoms with Crippen molar-refractivity contribution in [2.45, 2.75) is 6.42 Å². The highest BCUT2D eigenvalue weighted by molar-refractivity contribution is 5.90. The van der Waals surface area contributed by atoms with Crippen molar-refractivity contribution in [2.24, 2.45) is 0 Å². The van der Waals surface area contributed by atoms with E-state index in [9.17, 15) is 9.18 Å². The van der Waals surface area contributed by atoms with Gasteiger partial charge in [0.05, 0.1) is 19.4 Å². The van der Waals surface area contributed by atoms with E-state index in [-0.39, 0.29) is 18.2 Å². The van der Waals surface area contributed by atoms with E-state index in [1.54, 1.807) is 36.7 Å². The zero-order valence-electron chi connectivity index (χ0n) is 11.4. The number of carbonyl (C=O) groups is 1. The summed E-state index contributed by atoms with van der Waals surface area (Å²) in [6.07, 6.45) is 4.56. The highest BCUT2D eigenvalue weighted by atomic mass is 19.1. The summed E-state index contributed by atoms with van der Waals surface area (Å²) in [7, 11) is 0. The first-order valence-electron chi connectivity index (χ1n) is 6.55. The van der Waals surface area contributed by atoms with Crippen molar-refractivity contribution in [3.8, 4) is 17.4 Å². The van der Waals surface area contributed by atoms with E-state index in [2.05, 4.69) is 20.4 Å². The molecule has 0 bridgehead atoms. The second-order valence-corrected chi connectivity index (χ2v) is 4.35. The maximum atomic E-state index is 12.2. The van der Waals surface area contributed by atoms with Gasteiger partial charge in [-0.1, -0.05) is 0 Å². The Kier molecular flexibility index (Phi) is 3.90. The molecule has 1 N–H and O–H groups in total. The molecule has 0 radical (unpaired) electrons. The predicted molar refractivity (Wildman–Crippen MR) is 76.1 cm³/mol. The number of amides is 1. The zero-order chi connectivity index (χ0) is 15.4. The zero-order valence-corrected chi connectivity index (χ0v) is 11.4. The van der Waals surface area contributed by atoms with Gasteiger partial charge in [-0.05, 0) is 18.2 Å². The van der Waals surface area contributed by atoms with Gasteiger partial charge in [-0.25, -0.2) is 9.67 Å². The normalized spacial score (nSPS) is 10.6. The molecule has 0 atom stereocenters. The molecule has 0 aliphatic rings. The molecular weight excluding hydrogens is 289 g/mol. The minimum atomic E-state index is -0.728. The Bertz CT molecular complexity index is 703. The van der Waals surface area contributed by atoms with E-state index in [0.717, 1.165) is 0 Å². The molecule has 3 aromatic heterocycles. The van der Waals surface area contributed by atoms with E-state index >= 15 is 0 Å². The summed E-state index contributed by atoms with van der Waals surface area (Å²) in [5.74, 6) is 0.592. The molecule has 0 saturated heterocycles. The average molecular weight is 301 g/mol. The fraction of sp³-hybridized carbons (Fsp3) is 0.143. The average Bonchev–Trinajstić information content (AvgIpc) is 3.21. The Morgan fingerprint density at radius 2 is 2.27 bits per heavy atom. The standard InChI is InChI=1S/C14H12FN5O2/c15-5-4-13(21)18-12-9-10(11-3-1-8-22-11)17-14(19-12)20-7-2-6-16-20/h1-3,6-9H,4-5H2,(H,17,18,19,21). The lowest BCUT2D eigenvalue weighted by Crippen LogP contribution is -2.15. The number of hydrogen-bond acceptors (Lipinski definition) is 5. The number of carbonyl (C=O) groups excluding carboxylic acids is 1. The molecule has 7 nitrogen and oxygen atoms in total. The summed E-state index contributed by atoms with van der Waals surface area (Å²) in [6.45, 7) is -0.728. The van der Waals surface area contributed by atoms with Crippen molar-refractivity contribution < 1.29 is 13.6 Å². The summed E-state index contributed by atoms with van der Waals surface area (Å²) >= 11 is 0. The molecule has 22 heavy (non-hydrogen) atoms. The largest absolute Gasteiger partial charge is 0.463 e. The van der Waals surface area contributed by atoms with E-state index < -0.39 is 12.6 Å². The number of rotatable bonds is 5. The molecule has 0 aromatic carbocycles. The topological polar surface area (TPSA) is 85.8 Å². The van der Waals surface area contributed by atoms with E-state index in [0.29, 0.717) is 11.5 Å². The van der Waals surface area contributed by atoms with Gasteiger partial charge in [0.25, 0.3) is 5.95 Å². The van der Waals surface area contributed by atoms with Crippen molar-refractivity contribution in [1.82, 2.24) is 19.7 Å². The van der Waals surface area contributed by atoms with Gasteiger partial charge < -0.3 is 9.73 Å². The van der Waals surface area contributed by atoms with Crippen LogP contribution in [0.2, 0.25) is 0 Å². The Hall–Kier alpha value is -3.03. The van der Waals surface area contributed by atoms with Crippen LogP contribution < -0.4 is 5.32 Å². The fourth-order valence-corrected chi connectivity index (χ4v) is 1.83. The number of furan rings is 1. The van der Waals surface area contributed by atoms with Gasteiger partial charge in [0.2, 0.25) is 5.91 Å². The molecule has 3 aromatic rings. The monoisotopic (exact) mass is 301 g/mol. The molecule has 0 aliphatic carbocycles. The number of halogens is 1. The van der Waals surface area contributed by atoms with Crippen LogP contribution in [0.1, 0.15) is 6.42 Å². The lowest BCUT2D eigenvalue weighted by molar-refractivity contribution is -0.116. The van der Waals surface area contributed by atoms with Crippen molar-refractivity contribution in [1.29, 1.82) is 0 Å². The predicted octanol–water partition coefficient (Wildman–Crippen LogP) is 2.22. The molecule has 0 saturated carbocycles. The number of nitrogens with zero attached hydrogens (tertiary/aromatic N) is 4. The Morgan fingerprint density at radius 1 is 1.36 bits per heavy atom.